The minimum Gasteiger partial charge on any atom is -0.497 e. The second-order valence-electron chi connectivity index (χ2n) is 4.76. The van der Waals surface area contributed by atoms with Crippen molar-refractivity contribution in [1.29, 1.82) is 0 Å². The van der Waals surface area contributed by atoms with Crippen LogP contribution in [0.3, 0.4) is 0 Å². The molecule has 0 saturated carbocycles. The van der Waals surface area contributed by atoms with Crippen LogP contribution in [0.4, 0.5) is 0 Å². The van der Waals surface area contributed by atoms with Crippen molar-refractivity contribution in [2.75, 3.05) is 20.8 Å². The first-order chi connectivity index (χ1) is 9.40. The van der Waals surface area contributed by atoms with Gasteiger partial charge in [-0.25, -0.2) is 0 Å². The number of amides is 1. The monoisotopic (exact) mass is 341 g/mol. The number of rotatable bonds is 5. The van der Waals surface area contributed by atoms with Gasteiger partial charge in [0.1, 0.15) is 5.75 Å². The molecule has 0 radical (unpaired) electrons. The molecule has 1 aromatic carbocycles. The van der Waals surface area contributed by atoms with Crippen LogP contribution in [-0.4, -0.2) is 36.7 Å². The van der Waals surface area contributed by atoms with E-state index in [0.29, 0.717) is 5.75 Å². The number of benzene rings is 1. The fourth-order valence-corrected chi connectivity index (χ4v) is 2.35. The second-order valence-corrected chi connectivity index (χ2v) is 5.61. The Morgan fingerprint density at radius 3 is 2.65 bits per heavy atom. The molecule has 0 aliphatic heterocycles. The minimum absolute atomic E-state index is 0.140. The van der Waals surface area contributed by atoms with Crippen LogP contribution in [0.5, 0.6) is 5.75 Å². The van der Waals surface area contributed by atoms with Crippen LogP contribution in [-0.2, 0) is 4.79 Å². The van der Waals surface area contributed by atoms with E-state index in [1.807, 2.05) is 32.0 Å². The third-order valence-electron chi connectivity index (χ3n) is 2.96. The molecule has 0 fully saturated rings. The number of ether oxygens (including phenoxy) is 1. The molecule has 0 aliphatic carbocycles. The minimum atomic E-state index is -0.428. The number of allylic oxidation sites excluding steroid dienone is 1. The van der Waals surface area contributed by atoms with Crippen LogP contribution in [0, 0.1) is 0 Å². The lowest BCUT2D eigenvalue weighted by molar-refractivity contribution is -0.127. The molecule has 0 aliphatic rings. The average molecular weight is 342 g/mol. The van der Waals surface area contributed by atoms with E-state index in [2.05, 4.69) is 15.9 Å². The summed E-state index contributed by atoms with van der Waals surface area (Å²) in [5, 5.41) is 9.64. The Morgan fingerprint density at radius 1 is 1.50 bits per heavy atom. The van der Waals surface area contributed by atoms with Crippen molar-refractivity contribution in [3.8, 4) is 5.75 Å². The van der Waals surface area contributed by atoms with E-state index >= 15 is 0 Å². The van der Waals surface area contributed by atoms with Crippen molar-refractivity contribution in [3.63, 3.8) is 0 Å². The highest BCUT2D eigenvalue weighted by Crippen LogP contribution is 2.30. The summed E-state index contributed by atoms with van der Waals surface area (Å²) in [7, 11) is 3.26. The maximum Gasteiger partial charge on any atom is 0.246 e. The summed E-state index contributed by atoms with van der Waals surface area (Å²) >= 11 is 3.45. The molecule has 4 nitrogen and oxygen atoms in total. The van der Waals surface area contributed by atoms with Crippen LogP contribution in [0.25, 0.3) is 0 Å². The van der Waals surface area contributed by atoms with Crippen LogP contribution < -0.4 is 4.74 Å². The molecule has 5 heteroatoms. The molecule has 1 unspecified atom stereocenters. The van der Waals surface area contributed by atoms with Crippen molar-refractivity contribution >= 4 is 21.8 Å². The van der Waals surface area contributed by atoms with Gasteiger partial charge in [-0.15, -0.1) is 0 Å². The Hall–Kier alpha value is -1.33. The van der Waals surface area contributed by atoms with E-state index in [4.69, 9.17) is 4.74 Å². The smallest absolute Gasteiger partial charge is 0.246 e. The van der Waals surface area contributed by atoms with Gasteiger partial charge < -0.3 is 14.7 Å². The lowest BCUT2D eigenvalue weighted by Gasteiger charge is -2.27. The molecule has 0 saturated heterocycles. The first-order valence-electron chi connectivity index (χ1n) is 6.26. The number of aliphatic hydroxyl groups excluding tert-OH is 1. The summed E-state index contributed by atoms with van der Waals surface area (Å²) in [6, 6.07) is 5.05. The number of carbonyl (C=O) groups excluding carboxylic acids is 1. The maximum absolute atomic E-state index is 12.1. The molecular weight excluding hydrogens is 322 g/mol. The molecule has 1 aromatic rings. The van der Waals surface area contributed by atoms with E-state index < -0.39 is 6.04 Å². The van der Waals surface area contributed by atoms with Gasteiger partial charge in [-0.1, -0.05) is 21.5 Å². The number of nitrogens with zero attached hydrogens (tertiary/aromatic N) is 1. The van der Waals surface area contributed by atoms with Gasteiger partial charge in [-0.05, 0) is 37.6 Å². The number of hydrogen-bond acceptors (Lipinski definition) is 3. The third-order valence-corrected chi connectivity index (χ3v) is 3.68. The summed E-state index contributed by atoms with van der Waals surface area (Å²) in [4.78, 5) is 13.6. The molecule has 20 heavy (non-hydrogen) atoms. The Balaban J connectivity index is 3.12. The number of halogens is 1. The van der Waals surface area contributed by atoms with E-state index in [0.717, 1.165) is 15.6 Å². The lowest BCUT2D eigenvalue weighted by Crippen LogP contribution is -2.32. The van der Waals surface area contributed by atoms with E-state index in [-0.39, 0.29) is 12.5 Å². The zero-order valence-corrected chi connectivity index (χ0v) is 13.8. The van der Waals surface area contributed by atoms with Crippen LogP contribution in [0.1, 0.15) is 25.5 Å². The maximum atomic E-state index is 12.1. The van der Waals surface area contributed by atoms with Crippen molar-refractivity contribution < 1.29 is 14.6 Å². The molecule has 1 amide bonds. The molecule has 1 rings (SSSR count). The van der Waals surface area contributed by atoms with Crippen molar-refractivity contribution in [2.45, 2.75) is 19.9 Å². The average Bonchev–Trinajstić information content (AvgIpc) is 2.40. The highest BCUT2D eigenvalue weighted by molar-refractivity contribution is 9.10. The van der Waals surface area contributed by atoms with Crippen LogP contribution in [0.2, 0.25) is 0 Å². The largest absolute Gasteiger partial charge is 0.497 e. The number of aliphatic hydroxyl groups is 1. The van der Waals surface area contributed by atoms with Crippen molar-refractivity contribution in [2.24, 2.45) is 0 Å². The van der Waals surface area contributed by atoms with Gasteiger partial charge in [0.2, 0.25) is 5.91 Å². The predicted molar refractivity (Wildman–Crippen MR) is 82.7 cm³/mol. The molecule has 0 aromatic heterocycles. The summed E-state index contributed by atoms with van der Waals surface area (Å²) in [6.07, 6.45) is 1.55. The van der Waals surface area contributed by atoms with E-state index in [1.54, 1.807) is 20.2 Å². The van der Waals surface area contributed by atoms with Gasteiger partial charge in [0, 0.05) is 17.6 Å². The number of hydrogen-bond donors (Lipinski definition) is 1. The molecule has 0 heterocycles. The van der Waals surface area contributed by atoms with Gasteiger partial charge in [-0.2, -0.15) is 0 Å². The first kappa shape index (κ1) is 16.7. The molecule has 110 valence electrons. The number of carbonyl (C=O) groups is 1. The normalized spacial score (nSPS) is 11.7. The summed E-state index contributed by atoms with van der Waals surface area (Å²) in [6.45, 7) is 3.56. The molecule has 1 N–H and O–H groups in total. The van der Waals surface area contributed by atoms with Gasteiger partial charge in [0.25, 0.3) is 0 Å². The molecule has 0 bridgehead atoms. The summed E-state index contributed by atoms with van der Waals surface area (Å²) < 4.78 is 6.02. The third kappa shape index (κ3) is 4.08. The lowest BCUT2D eigenvalue weighted by atomic mass is 10.1. The van der Waals surface area contributed by atoms with Gasteiger partial charge >= 0.3 is 0 Å². The van der Waals surface area contributed by atoms with Gasteiger partial charge in [0.15, 0.2) is 0 Å². The number of methoxy groups -OCH3 is 1. The van der Waals surface area contributed by atoms with Gasteiger partial charge in [0.05, 0.1) is 19.8 Å². The summed E-state index contributed by atoms with van der Waals surface area (Å²) in [5.74, 6) is 0.545. The van der Waals surface area contributed by atoms with Crippen LogP contribution in [0.15, 0.2) is 34.3 Å². The van der Waals surface area contributed by atoms with Crippen molar-refractivity contribution in [3.05, 3.63) is 39.9 Å². The molecule has 1 atom stereocenters. The predicted octanol–water partition coefficient (Wildman–Crippen LogP) is 2.92. The summed E-state index contributed by atoms with van der Waals surface area (Å²) in [5.41, 5.74) is 1.73. The zero-order chi connectivity index (χ0) is 15.3. The Labute approximate surface area is 128 Å². The molecular formula is C15H20BrNO3. The molecule has 0 spiro atoms. The zero-order valence-electron chi connectivity index (χ0n) is 12.2. The standard InChI is InChI=1S/C15H20BrNO3/c1-10(2)7-15(19)17(3)14(9-18)12-8-11(20-4)5-6-13(12)16/h5-8,14,18H,9H2,1-4H3. The van der Waals surface area contributed by atoms with Crippen LogP contribution >= 0.6 is 15.9 Å². The van der Waals surface area contributed by atoms with E-state index in [9.17, 15) is 9.90 Å². The fraction of sp³-hybridized carbons (Fsp3) is 0.400. The quantitative estimate of drug-likeness (QED) is 0.837. The second kappa shape index (κ2) is 7.45. The highest BCUT2D eigenvalue weighted by Gasteiger charge is 2.22. The Morgan fingerprint density at radius 2 is 2.15 bits per heavy atom. The Bertz CT molecular complexity index is 510. The van der Waals surface area contributed by atoms with Crippen molar-refractivity contribution in [1.82, 2.24) is 4.90 Å². The van der Waals surface area contributed by atoms with Gasteiger partial charge in [-0.3, -0.25) is 4.79 Å². The fourth-order valence-electron chi connectivity index (χ4n) is 1.84. The Kier molecular flexibility index (Phi) is 6.23. The van der Waals surface area contributed by atoms with E-state index in [1.165, 1.54) is 4.90 Å². The number of likely N-dealkylation sites (N-methyl/N-ethyl adjacent to an activating group) is 1. The SMILES string of the molecule is COc1ccc(Br)c(C(CO)N(C)C(=O)C=C(C)C)c1. The first-order valence-corrected chi connectivity index (χ1v) is 7.06. The topological polar surface area (TPSA) is 49.8 Å². The highest BCUT2D eigenvalue weighted by atomic mass is 79.9.